The molecule has 1 N–H and O–H groups in total. The largest absolute Gasteiger partial charge is 0.346 e. The van der Waals surface area contributed by atoms with Crippen LogP contribution in [0, 0.1) is 0 Å². The van der Waals surface area contributed by atoms with Crippen molar-refractivity contribution >= 4 is 16.5 Å². The van der Waals surface area contributed by atoms with Gasteiger partial charge in [-0.15, -0.1) is 11.3 Å². The van der Waals surface area contributed by atoms with Crippen molar-refractivity contribution in [3.05, 3.63) is 10.6 Å². The number of aromatic nitrogens is 1. The Morgan fingerprint density at radius 2 is 2.12 bits per heavy atom. The molecule has 2 aliphatic heterocycles. The molecule has 0 saturated carbocycles. The van der Waals surface area contributed by atoms with Crippen LogP contribution in [0.25, 0.3) is 0 Å². The Hall–Kier alpha value is -0.650. The lowest BCUT2D eigenvalue weighted by atomic mass is 10.2. The van der Waals surface area contributed by atoms with Crippen molar-refractivity contribution in [1.82, 2.24) is 15.2 Å². The number of rotatable bonds is 2. The van der Waals surface area contributed by atoms with Gasteiger partial charge in [-0.2, -0.15) is 0 Å². The van der Waals surface area contributed by atoms with Crippen LogP contribution in [0.3, 0.4) is 0 Å². The first-order valence-electron chi connectivity index (χ1n) is 6.53. The van der Waals surface area contributed by atoms with Crippen molar-refractivity contribution in [2.75, 3.05) is 44.2 Å². The maximum absolute atomic E-state index is 4.83. The Labute approximate surface area is 107 Å². The summed E-state index contributed by atoms with van der Waals surface area (Å²) in [5.41, 5.74) is 1.35. The van der Waals surface area contributed by atoms with Crippen molar-refractivity contribution in [2.45, 2.75) is 19.9 Å². The molecule has 0 unspecified atom stereocenters. The molecule has 2 aliphatic rings. The quantitative estimate of drug-likeness (QED) is 0.848. The maximum Gasteiger partial charge on any atom is 0.185 e. The monoisotopic (exact) mass is 252 g/mol. The fourth-order valence-electron chi connectivity index (χ4n) is 2.50. The van der Waals surface area contributed by atoms with Crippen molar-refractivity contribution in [2.24, 2.45) is 0 Å². The van der Waals surface area contributed by atoms with Gasteiger partial charge in [0.05, 0.1) is 5.69 Å². The number of piperazine rings is 1. The van der Waals surface area contributed by atoms with Crippen LogP contribution >= 0.6 is 11.3 Å². The van der Waals surface area contributed by atoms with Gasteiger partial charge in [-0.25, -0.2) is 4.98 Å². The van der Waals surface area contributed by atoms with Gasteiger partial charge < -0.3 is 10.2 Å². The van der Waals surface area contributed by atoms with Crippen LogP contribution in [0.1, 0.15) is 17.5 Å². The van der Waals surface area contributed by atoms with Crippen molar-refractivity contribution in [1.29, 1.82) is 0 Å². The molecule has 17 heavy (non-hydrogen) atoms. The summed E-state index contributed by atoms with van der Waals surface area (Å²) in [5, 5.41) is 4.63. The summed E-state index contributed by atoms with van der Waals surface area (Å²) < 4.78 is 0. The van der Waals surface area contributed by atoms with E-state index in [0.29, 0.717) is 0 Å². The van der Waals surface area contributed by atoms with Gasteiger partial charge in [0.1, 0.15) is 0 Å². The van der Waals surface area contributed by atoms with Crippen LogP contribution in [-0.4, -0.2) is 49.2 Å². The average molecular weight is 252 g/mol. The molecule has 0 aromatic carbocycles. The number of hydrogen-bond acceptors (Lipinski definition) is 5. The number of likely N-dealkylation sites (N-methyl/N-ethyl adjacent to an activating group) is 1. The fourth-order valence-corrected chi connectivity index (χ4v) is 3.70. The SMILES string of the molecule is CCN1CCc2nc(N3CCNCC3)sc2C1. The number of thiazole rings is 1. The molecule has 1 saturated heterocycles. The molecule has 0 atom stereocenters. The van der Waals surface area contributed by atoms with Gasteiger partial charge in [0.15, 0.2) is 5.13 Å². The molecular formula is C12H20N4S. The Morgan fingerprint density at radius 1 is 1.29 bits per heavy atom. The molecule has 0 spiro atoms. The van der Waals surface area contributed by atoms with Gasteiger partial charge in [0.2, 0.25) is 0 Å². The summed E-state index contributed by atoms with van der Waals surface area (Å²) in [7, 11) is 0. The van der Waals surface area contributed by atoms with Gasteiger partial charge in [-0.3, -0.25) is 4.90 Å². The van der Waals surface area contributed by atoms with Crippen LogP contribution in [0.2, 0.25) is 0 Å². The van der Waals surface area contributed by atoms with E-state index in [2.05, 4.69) is 22.0 Å². The topological polar surface area (TPSA) is 31.4 Å². The molecule has 0 amide bonds. The zero-order valence-electron chi connectivity index (χ0n) is 10.4. The third-order valence-corrected chi connectivity index (χ3v) is 4.78. The first-order valence-corrected chi connectivity index (χ1v) is 7.35. The molecule has 3 heterocycles. The van der Waals surface area contributed by atoms with Crippen molar-refractivity contribution in [3.63, 3.8) is 0 Å². The Balaban J connectivity index is 1.77. The maximum atomic E-state index is 4.83. The second-order valence-electron chi connectivity index (χ2n) is 4.72. The Kier molecular flexibility index (Phi) is 3.31. The summed E-state index contributed by atoms with van der Waals surface area (Å²) >= 11 is 1.91. The van der Waals surface area contributed by atoms with E-state index in [0.717, 1.165) is 45.7 Å². The van der Waals surface area contributed by atoms with E-state index in [4.69, 9.17) is 4.98 Å². The minimum Gasteiger partial charge on any atom is -0.346 e. The zero-order valence-corrected chi connectivity index (χ0v) is 11.2. The molecule has 5 heteroatoms. The number of hydrogen-bond donors (Lipinski definition) is 1. The first kappa shape index (κ1) is 11.4. The van der Waals surface area contributed by atoms with Crippen molar-refractivity contribution in [3.8, 4) is 0 Å². The third-order valence-electron chi connectivity index (χ3n) is 3.63. The molecule has 0 aliphatic carbocycles. The van der Waals surface area contributed by atoms with E-state index < -0.39 is 0 Å². The van der Waals surface area contributed by atoms with E-state index in [1.807, 2.05) is 11.3 Å². The lowest BCUT2D eigenvalue weighted by Gasteiger charge is -2.26. The zero-order chi connectivity index (χ0) is 11.7. The van der Waals surface area contributed by atoms with Gasteiger partial charge in [-0.05, 0) is 6.54 Å². The van der Waals surface area contributed by atoms with E-state index in [1.54, 1.807) is 0 Å². The summed E-state index contributed by atoms with van der Waals surface area (Å²) in [5.74, 6) is 0. The lowest BCUT2D eigenvalue weighted by Crippen LogP contribution is -2.43. The summed E-state index contributed by atoms with van der Waals surface area (Å²) in [6.07, 6.45) is 1.13. The molecule has 1 fully saturated rings. The molecule has 94 valence electrons. The molecule has 1 aromatic heterocycles. The highest BCUT2D eigenvalue weighted by atomic mass is 32.1. The number of nitrogens with one attached hydrogen (secondary N) is 1. The van der Waals surface area contributed by atoms with Crippen LogP contribution in [0.5, 0.6) is 0 Å². The average Bonchev–Trinajstić information content (AvgIpc) is 2.82. The molecular weight excluding hydrogens is 232 g/mol. The minimum atomic E-state index is 1.09. The Bertz CT molecular complexity index is 384. The third kappa shape index (κ3) is 2.32. The fraction of sp³-hybridized carbons (Fsp3) is 0.750. The summed E-state index contributed by atoms with van der Waals surface area (Å²) in [4.78, 5) is 11.3. The van der Waals surface area contributed by atoms with Crippen molar-refractivity contribution < 1.29 is 0 Å². The van der Waals surface area contributed by atoms with Crippen LogP contribution in [-0.2, 0) is 13.0 Å². The van der Waals surface area contributed by atoms with E-state index in [-0.39, 0.29) is 0 Å². The molecule has 0 radical (unpaired) electrons. The van der Waals surface area contributed by atoms with E-state index >= 15 is 0 Å². The highest BCUT2D eigenvalue weighted by Gasteiger charge is 2.22. The van der Waals surface area contributed by atoms with E-state index in [1.165, 1.54) is 22.2 Å². The second kappa shape index (κ2) is 4.92. The predicted molar refractivity (Wildman–Crippen MR) is 71.9 cm³/mol. The van der Waals surface area contributed by atoms with Gasteiger partial charge in [-0.1, -0.05) is 6.92 Å². The highest BCUT2D eigenvalue weighted by Crippen LogP contribution is 2.30. The highest BCUT2D eigenvalue weighted by molar-refractivity contribution is 7.15. The van der Waals surface area contributed by atoms with Gasteiger partial charge in [0, 0.05) is 50.6 Å². The summed E-state index contributed by atoms with van der Waals surface area (Å²) in [6, 6.07) is 0. The molecule has 1 aromatic rings. The Morgan fingerprint density at radius 3 is 2.88 bits per heavy atom. The normalized spacial score (nSPS) is 21.6. The number of nitrogens with zero attached hydrogens (tertiary/aromatic N) is 3. The standard InChI is InChI=1S/C12H20N4S/c1-2-15-6-3-10-11(9-15)17-12(14-10)16-7-4-13-5-8-16/h13H,2-9H2,1H3. The number of anilines is 1. The molecule has 3 rings (SSSR count). The predicted octanol–water partition coefficient (Wildman–Crippen LogP) is 0.931. The summed E-state index contributed by atoms with van der Waals surface area (Å²) in [6.45, 7) is 10.1. The lowest BCUT2D eigenvalue weighted by molar-refractivity contribution is 0.270. The molecule has 4 nitrogen and oxygen atoms in total. The first-order chi connectivity index (χ1) is 8.36. The number of fused-ring (bicyclic) bond motifs is 1. The van der Waals surface area contributed by atoms with E-state index in [9.17, 15) is 0 Å². The van der Waals surface area contributed by atoms with Crippen LogP contribution in [0.4, 0.5) is 5.13 Å². The minimum absolute atomic E-state index is 1.09. The van der Waals surface area contributed by atoms with Crippen LogP contribution < -0.4 is 10.2 Å². The smallest absolute Gasteiger partial charge is 0.185 e. The van der Waals surface area contributed by atoms with Crippen LogP contribution in [0.15, 0.2) is 0 Å². The van der Waals surface area contributed by atoms with Gasteiger partial charge in [0.25, 0.3) is 0 Å². The molecule has 0 bridgehead atoms. The van der Waals surface area contributed by atoms with Gasteiger partial charge >= 0.3 is 0 Å². The second-order valence-corrected chi connectivity index (χ2v) is 5.78.